The summed E-state index contributed by atoms with van der Waals surface area (Å²) in [6.07, 6.45) is 2.13. The number of aryl methyl sites for hydroxylation is 1. The predicted molar refractivity (Wildman–Crippen MR) is 63.7 cm³/mol. The van der Waals surface area contributed by atoms with Gasteiger partial charge in [0, 0.05) is 18.1 Å². The van der Waals surface area contributed by atoms with Gasteiger partial charge in [0.1, 0.15) is 0 Å². The van der Waals surface area contributed by atoms with Crippen molar-refractivity contribution in [2.75, 3.05) is 0 Å². The maximum Gasteiger partial charge on any atom is 0.0337 e. The van der Waals surface area contributed by atoms with Crippen LogP contribution in [0.3, 0.4) is 0 Å². The minimum atomic E-state index is 0.340. The van der Waals surface area contributed by atoms with Gasteiger partial charge in [-0.2, -0.15) is 0 Å². The van der Waals surface area contributed by atoms with E-state index in [0.717, 1.165) is 12.8 Å². The SMILES string of the molecule is Cc1ccc([C@@H]2C[C@H](N)C[C@H](C)N2)cc1. The van der Waals surface area contributed by atoms with Crippen LogP contribution >= 0.6 is 0 Å². The molecule has 1 fully saturated rings. The molecule has 0 aromatic heterocycles. The zero-order valence-corrected chi connectivity index (χ0v) is 9.53. The van der Waals surface area contributed by atoms with Crippen molar-refractivity contribution < 1.29 is 0 Å². The fourth-order valence-electron chi connectivity index (χ4n) is 2.36. The highest BCUT2D eigenvalue weighted by atomic mass is 15.0. The molecule has 1 aliphatic rings. The minimum absolute atomic E-state index is 0.340. The van der Waals surface area contributed by atoms with Gasteiger partial charge in [-0.3, -0.25) is 0 Å². The quantitative estimate of drug-likeness (QED) is 0.735. The summed E-state index contributed by atoms with van der Waals surface area (Å²) in [5.41, 5.74) is 8.72. The first-order chi connectivity index (χ1) is 7.15. The van der Waals surface area contributed by atoms with E-state index >= 15 is 0 Å². The summed E-state index contributed by atoms with van der Waals surface area (Å²) < 4.78 is 0. The van der Waals surface area contributed by atoms with Crippen molar-refractivity contribution >= 4 is 0 Å². The molecule has 0 unspecified atom stereocenters. The summed E-state index contributed by atoms with van der Waals surface area (Å²) in [4.78, 5) is 0. The van der Waals surface area contributed by atoms with E-state index in [1.807, 2.05) is 0 Å². The Balaban J connectivity index is 2.12. The summed E-state index contributed by atoms with van der Waals surface area (Å²) in [6, 6.07) is 10.1. The summed E-state index contributed by atoms with van der Waals surface area (Å²) in [5, 5.41) is 3.60. The third kappa shape index (κ3) is 2.58. The average molecular weight is 204 g/mol. The largest absolute Gasteiger partial charge is 0.328 e. The number of nitrogens with one attached hydrogen (secondary N) is 1. The Hall–Kier alpha value is -0.860. The molecule has 15 heavy (non-hydrogen) atoms. The van der Waals surface area contributed by atoms with Crippen LogP contribution in [0.2, 0.25) is 0 Å². The second kappa shape index (κ2) is 4.33. The topological polar surface area (TPSA) is 38.0 Å². The van der Waals surface area contributed by atoms with Crippen LogP contribution in [-0.4, -0.2) is 12.1 Å². The van der Waals surface area contributed by atoms with E-state index < -0.39 is 0 Å². The Kier molecular flexibility index (Phi) is 3.08. The first-order valence-electron chi connectivity index (χ1n) is 5.73. The van der Waals surface area contributed by atoms with E-state index in [1.165, 1.54) is 11.1 Å². The van der Waals surface area contributed by atoms with Crippen LogP contribution in [0.15, 0.2) is 24.3 Å². The molecule has 1 aromatic rings. The molecule has 0 spiro atoms. The summed E-state index contributed by atoms with van der Waals surface area (Å²) >= 11 is 0. The molecule has 2 heteroatoms. The lowest BCUT2D eigenvalue weighted by atomic mass is 9.90. The highest BCUT2D eigenvalue weighted by Crippen LogP contribution is 2.24. The van der Waals surface area contributed by atoms with Crippen molar-refractivity contribution in [1.82, 2.24) is 5.32 Å². The zero-order valence-electron chi connectivity index (χ0n) is 9.53. The van der Waals surface area contributed by atoms with E-state index in [0.29, 0.717) is 18.1 Å². The molecule has 0 aliphatic carbocycles. The summed E-state index contributed by atoms with van der Waals surface area (Å²) in [5.74, 6) is 0. The Morgan fingerprint density at radius 2 is 1.87 bits per heavy atom. The first kappa shape index (κ1) is 10.7. The smallest absolute Gasteiger partial charge is 0.0337 e. The number of rotatable bonds is 1. The maximum absolute atomic E-state index is 6.04. The second-order valence-electron chi connectivity index (χ2n) is 4.76. The van der Waals surface area contributed by atoms with Gasteiger partial charge in [0.15, 0.2) is 0 Å². The highest BCUT2D eigenvalue weighted by Gasteiger charge is 2.24. The molecule has 0 saturated carbocycles. The zero-order chi connectivity index (χ0) is 10.8. The van der Waals surface area contributed by atoms with Crippen molar-refractivity contribution in [2.24, 2.45) is 5.73 Å². The molecule has 0 amide bonds. The van der Waals surface area contributed by atoms with Gasteiger partial charge in [-0.15, -0.1) is 0 Å². The highest BCUT2D eigenvalue weighted by molar-refractivity contribution is 5.24. The Bertz CT molecular complexity index is 308. The molecule has 82 valence electrons. The van der Waals surface area contributed by atoms with E-state index in [1.54, 1.807) is 0 Å². The molecule has 1 saturated heterocycles. The molecule has 1 heterocycles. The minimum Gasteiger partial charge on any atom is -0.328 e. The molecule has 3 N–H and O–H groups in total. The fourth-order valence-corrected chi connectivity index (χ4v) is 2.36. The summed E-state index contributed by atoms with van der Waals surface area (Å²) in [7, 11) is 0. The van der Waals surface area contributed by atoms with Crippen LogP contribution in [0.4, 0.5) is 0 Å². The molecule has 1 aliphatic heterocycles. The molecule has 0 bridgehead atoms. The van der Waals surface area contributed by atoms with Crippen molar-refractivity contribution in [2.45, 2.75) is 44.8 Å². The van der Waals surface area contributed by atoms with Gasteiger partial charge in [0.05, 0.1) is 0 Å². The van der Waals surface area contributed by atoms with E-state index in [4.69, 9.17) is 5.73 Å². The van der Waals surface area contributed by atoms with Gasteiger partial charge in [0.2, 0.25) is 0 Å². The average Bonchev–Trinajstić information content (AvgIpc) is 2.17. The van der Waals surface area contributed by atoms with Gasteiger partial charge >= 0.3 is 0 Å². The molecule has 3 atom stereocenters. The van der Waals surface area contributed by atoms with Crippen molar-refractivity contribution in [1.29, 1.82) is 0 Å². The second-order valence-corrected chi connectivity index (χ2v) is 4.76. The van der Waals surface area contributed by atoms with Crippen LogP contribution in [0, 0.1) is 6.92 Å². The third-order valence-electron chi connectivity index (χ3n) is 3.16. The van der Waals surface area contributed by atoms with Gasteiger partial charge in [-0.1, -0.05) is 29.8 Å². The number of nitrogens with two attached hydrogens (primary N) is 1. The maximum atomic E-state index is 6.04. The van der Waals surface area contributed by atoms with Crippen LogP contribution < -0.4 is 11.1 Å². The Labute approximate surface area is 91.9 Å². The number of piperidine rings is 1. The van der Waals surface area contributed by atoms with Crippen molar-refractivity contribution in [3.63, 3.8) is 0 Å². The van der Waals surface area contributed by atoms with Crippen molar-refractivity contribution in [3.05, 3.63) is 35.4 Å². The van der Waals surface area contributed by atoms with Gasteiger partial charge in [-0.25, -0.2) is 0 Å². The van der Waals surface area contributed by atoms with E-state index in [2.05, 4.69) is 43.4 Å². The lowest BCUT2D eigenvalue weighted by Gasteiger charge is -2.33. The molecule has 2 rings (SSSR count). The van der Waals surface area contributed by atoms with Crippen LogP contribution in [0.1, 0.15) is 36.9 Å². The Morgan fingerprint density at radius 3 is 2.47 bits per heavy atom. The first-order valence-corrected chi connectivity index (χ1v) is 5.73. The summed E-state index contributed by atoms with van der Waals surface area (Å²) in [6.45, 7) is 4.33. The standard InChI is InChI=1S/C13H20N2/c1-9-3-5-11(6-4-9)13-8-12(14)7-10(2)15-13/h3-6,10,12-13,15H,7-8,14H2,1-2H3/t10-,12+,13-/m0/s1. The number of hydrogen-bond donors (Lipinski definition) is 2. The number of benzene rings is 1. The monoisotopic (exact) mass is 204 g/mol. The lowest BCUT2D eigenvalue weighted by Crippen LogP contribution is -2.44. The van der Waals surface area contributed by atoms with Crippen LogP contribution in [-0.2, 0) is 0 Å². The van der Waals surface area contributed by atoms with Gasteiger partial charge in [0.25, 0.3) is 0 Å². The van der Waals surface area contributed by atoms with Crippen LogP contribution in [0.25, 0.3) is 0 Å². The van der Waals surface area contributed by atoms with Crippen LogP contribution in [0.5, 0.6) is 0 Å². The normalized spacial score (nSPS) is 31.5. The molecule has 2 nitrogen and oxygen atoms in total. The lowest BCUT2D eigenvalue weighted by molar-refractivity contribution is 0.307. The van der Waals surface area contributed by atoms with Gasteiger partial charge < -0.3 is 11.1 Å². The molecule has 0 radical (unpaired) electrons. The van der Waals surface area contributed by atoms with E-state index in [9.17, 15) is 0 Å². The fraction of sp³-hybridized carbons (Fsp3) is 0.538. The number of hydrogen-bond acceptors (Lipinski definition) is 2. The molecule has 1 aromatic carbocycles. The Morgan fingerprint density at radius 1 is 1.20 bits per heavy atom. The molecular weight excluding hydrogens is 184 g/mol. The predicted octanol–water partition coefficient (Wildman–Crippen LogP) is 2.14. The van der Waals surface area contributed by atoms with Crippen molar-refractivity contribution in [3.8, 4) is 0 Å². The molecular formula is C13H20N2. The van der Waals surface area contributed by atoms with E-state index in [-0.39, 0.29) is 0 Å². The van der Waals surface area contributed by atoms with Gasteiger partial charge in [-0.05, 0) is 32.3 Å². The third-order valence-corrected chi connectivity index (χ3v) is 3.16.